The van der Waals surface area contributed by atoms with Crippen molar-refractivity contribution in [3.05, 3.63) is 47.3 Å². The number of nitriles is 1. The van der Waals surface area contributed by atoms with Crippen LogP contribution in [-0.4, -0.2) is 22.4 Å². The fourth-order valence-corrected chi connectivity index (χ4v) is 1.99. The van der Waals surface area contributed by atoms with Crippen LogP contribution in [0.4, 0.5) is 0 Å². The van der Waals surface area contributed by atoms with Crippen LogP contribution in [0.3, 0.4) is 0 Å². The number of carbonyl (C=O) groups is 1. The molecule has 0 spiro atoms. The Hall–Kier alpha value is -2.61. The molecule has 0 bridgehead atoms. The van der Waals surface area contributed by atoms with Gasteiger partial charge >= 0.3 is 5.97 Å². The summed E-state index contributed by atoms with van der Waals surface area (Å²) < 4.78 is 6.72. The fraction of sp³-hybridized carbons (Fsp3) is 0.267. The summed E-state index contributed by atoms with van der Waals surface area (Å²) in [5, 5.41) is 13.1. The first-order valence-electron chi connectivity index (χ1n) is 6.45. The lowest BCUT2D eigenvalue weighted by Crippen LogP contribution is -2.09. The number of rotatable bonds is 4. The molecule has 0 aliphatic heterocycles. The lowest BCUT2D eigenvalue weighted by molar-refractivity contribution is 0.0525. The third-order valence-corrected chi connectivity index (χ3v) is 2.94. The average Bonchev–Trinajstić information content (AvgIpc) is 2.91. The predicted molar refractivity (Wildman–Crippen MR) is 73.6 cm³/mol. The summed E-state index contributed by atoms with van der Waals surface area (Å²) in [6.07, 6.45) is 2.18. The van der Waals surface area contributed by atoms with Crippen molar-refractivity contribution in [2.75, 3.05) is 6.61 Å². The minimum absolute atomic E-state index is 0.337. The van der Waals surface area contributed by atoms with Crippen molar-refractivity contribution in [3.63, 3.8) is 0 Å². The highest BCUT2D eigenvalue weighted by atomic mass is 16.5. The first-order chi connectivity index (χ1) is 9.71. The Kier molecular flexibility index (Phi) is 4.16. The van der Waals surface area contributed by atoms with Gasteiger partial charge in [-0.05, 0) is 37.6 Å². The maximum Gasteiger partial charge on any atom is 0.341 e. The van der Waals surface area contributed by atoms with Crippen LogP contribution in [0.2, 0.25) is 0 Å². The van der Waals surface area contributed by atoms with Gasteiger partial charge in [-0.15, -0.1) is 0 Å². The Balaban J connectivity index is 2.42. The van der Waals surface area contributed by atoms with Crippen molar-refractivity contribution in [1.82, 2.24) is 9.78 Å². The molecular weight excluding hydrogens is 254 g/mol. The Morgan fingerprint density at radius 3 is 2.60 bits per heavy atom. The van der Waals surface area contributed by atoms with E-state index >= 15 is 0 Å². The van der Waals surface area contributed by atoms with Crippen LogP contribution in [0.25, 0.3) is 5.69 Å². The summed E-state index contributed by atoms with van der Waals surface area (Å²) in [6.45, 7) is 4.07. The number of nitrogens with zero attached hydrogens (tertiary/aromatic N) is 3. The third-order valence-electron chi connectivity index (χ3n) is 2.94. The Bertz CT molecular complexity index is 651. The molecule has 0 atom stereocenters. The van der Waals surface area contributed by atoms with E-state index in [1.807, 2.05) is 6.92 Å². The van der Waals surface area contributed by atoms with Gasteiger partial charge in [0.1, 0.15) is 5.56 Å². The summed E-state index contributed by atoms with van der Waals surface area (Å²) in [6, 6.07) is 9.13. The molecule has 102 valence electrons. The molecule has 0 aliphatic rings. The van der Waals surface area contributed by atoms with Gasteiger partial charge in [0.05, 0.1) is 35.8 Å². The number of hydrogen-bond acceptors (Lipinski definition) is 4. The van der Waals surface area contributed by atoms with Crippen LogP contribution in [0.1, 0.15) is 35.5 Å². The van der Waals surface area contributed by atoms with Crippen molar-refractivity contribution in [3.8, 4) is 11.8 Å². The lowest BCUT2D eigenvalue weighted by Gasteiger charge is -2.07. The Labute approximate surface area is 117 Å². The van der Waals surface area contributed by atoms with Gasteiger partial charge in [-0.25, -0.2) is 9.48 Å². The van der Waals surface area contributed by atoms with Gasteiger partial charge in [-0.2, -0.15) is 10.4 Å². The molecule has 5 heteroatoms. The largest absolute Gasteiger partial charge is 0.462 e. The standard InChI is InChI=1S/C15H15N3O2/c1-3-14-13(15(19)20-4-2)10-17-18(14)12-7-5-11(9-16)6-8-12/h5-8,10H,3-4H2,1-2H3. The molecule has 1 heterocycles. The normalized spacial score (nSPS) is 10.1. The van der Waals surface area contributed by atoms with Crippen molar-refractivity contribution < 1.29 is 9.53 Å². The topological polar surface area (TPSA) is 67.9 Å². The van der Waals surface area contributed by atoms with Gasteiger partial charge in [0, 0.05) is 0 Å². The molecule has 20 heavy (non-hydrogen) atoms. The number of aromatic nitrogens is 2. The van der Waals surface area contributed by atoms with Gasteiger partial charge < -0.3 is 4.74 Å². The van der Waals surface area contributed by atoms with E-state index in [9.17, 15) is 4.79 Å². The second-order valence-corrected chi connectivity index (χ2v) is 4.15. The van der Waals surface area contributed by atoms with E-state index in [4.69, 9.17) is 10.00 Å². The molecule has 1 aromatic heterocycles. The molecule has 0 fully saturated rings. The highest BCUT2D eigenvalue weighted by Gasteiger charge is 2.17. The van der Waals surface area contributed by atoms with E-state index in [1.54, 1.807) is 35.9 Å². The first-order valence-corrected chi connectivity index (χ1v) is 6.45. The Morgan fingerprint density at radius 1 is 1.35 bits per heavy atom. The maximum atomic E-state index is 11.9. The quantitative estimate of drug-likeness (QED) is 0.800. The molecule has 0 unspecified atom stereocenters. The second kappa shape index (κ2) is 6.02. The Morgan fingerprint density at radius 2 is 2.05 bits per heavy atom. The number of carbonyl (C=O) groups excluding carboxylic acids is 1. The summed E-state index contributed by atoms with van der Waals surface area (Å²) in [5.74, 6) is -0.357. The zero-order chi connectivity index (χ0) is 14.5. The molecule has 0 N–H and O–H groups in total. The molecule has 2 rings (SSSR count). The third kappa shape index (κ3) is 2.54. The fourth-order valence-electron chi connectivity index (χ4n) is 1.99. The maximum absolute atomic E-state index is 11.9. The van der Waals surface area contributed by atoms with Gasteiger partial charge in [0.2, 0.25) is 0 Å². The highest BCUT2D eigenvalue weighted by Crippen LogP contribution is 2.17. The molecule has 0 aliphatic carbocycles. The first kappa shape index (κ1) is 13.8. The van der Waals surface area contributed by atoms with E-state index in [-0.39, 0.29) is 5.97 Å². The molecule has 0 saturated heterocycles. The van der Waals surface area contributed by atoms with Crippen LogP contribution in [-0.2, 0) is 11.2 Å². The molecule has 2 aromatic rings. The summed E-state index contributed by atoms with van der Waals surface area (Å²) in [5.41, 5.74) is 2.69. The van der Waals surface area contributed by atoms with Crippen molar-refractivity contribution in [2.24, 2.45) is 0 Å². The smallest absolute Gasteiger partial charge is 0.341 e. The van der Waals surface area contributed by atoms with Gasteiger partial charge in [0.15, 0.2) is 0 Å². The summed E-state index contributed by atoms with van der Waals surface area (Å²) in [7, 11) is 0. The van der Waals surface area contributed by atoms with Crippen molar-refractivity contribution >= 4 is 5.97 Å². The van der Waals surface area contributed by atoms with E-state index in [0.717, 1.165) is 11.4 Å². The molecule has 1 aromatic carbocycles. The number of ether oxygens (including phenoxy) is 1. The molecule has 0 saturated carbocycles. The summed E-state index contributed by atoms with van der Waals surface area (Å²) >= 11 is 0. The average molecular weight is 269 g/mol. The van der Waals surface area contributed by atoms with E-state index < -0.39 is 0 Å². The molecule has 0 amide bonds. The van der Waals surface area contributed by atoms with Crippen LogP contribution in [0, 0.1) is 11.3 Å². The monoisotopic (exact) mass is 269 g/mol. The van der Waals surface area contributed by atoms with Gasteiger partial charge in [-0.3, -0.25) is 0 Å². The van der Waals surface area contributed by atoms with Crippen molar-refractivity contribution in [2.45, 2.75) is 20.3 Å². The molecule has 0 radical (unpaired) electrons. The van der Waals surface area contributed by atoms with Gasteiger partial charge in [0.25, 0.3) is 0 Å². The number of esters is 1. The number of benzene rings is 1. The second-order valence-electron chi connectivity index (χ2n) is 4.15. The highest BCUT2D eigenvalue weighted by molar-refractivity contribution is 5.90. The van der Waals surface area contributed by atoms with Crippen molar-refractivity contribution in [1.29, 1.82) is 5.26 Å². The predicted octanol–water partition coefficient (Wildman–Crippen LogP) is 2.48. The van der Waals surface area contributed by atoms with Crippen LogP contribution >= 0.6 is 0 Å². The van der Waals surface area contributed by atoms with Crippen LogP contribution < -0.4 is 0 Å². The summed E-state index contributed by atoms with van der Waals surface area (Å²) in [4.78, 5) is 11.9. The van der Waals surface area contributed by atoms with Crippen LogP contribution in [0.15, 0.2) is 30.5 Å². The van der Waals surface area contributed by atoms with Gasteiger partial charge in [-0.1, -0.05) is 6.92 Å². The minimum Gasteiger partial charge on any atom is -0.462 e. The number of hydrogen-bond donors (Lipinski definition) is 0. The molecular formula is C15H15N3O2. The van der Waals surface area contributed by atoms with E-state index in [1.165, 1.54) is 6.20 Å². The zero-order valence-electron chi connectivity index (χ0n) is 11.5. The zero-order valence-corrected chi connectivity index (χ0v) is 11.5. The van der Waals surface area contributed by atoms with Crippen LogP contribution in [0.5, 0.6) is 0 Å². The molecule has 5 nitrogen and oxygen atoms in total. The van der Waals surface area contributed by atoms with E-state index in [0.29, 0.717) is 24.2 Å². The SMILES string of the molecule is CCOC(=O)c1cnn(-c2ccc(C#N)cc2)c1CC. The van der Waals surface area contributed by atoms with E-state index in [2.05, 4.69) is 11.2 Å². The lowest BCUT2D eigenvalue weighted by atomic mass is 10.2. The minimum atomic E-state index is -0.357.